The summed E-state index contributed by atoms with van der Waals surface area (Å²) in [5.41, 5.74) is 0.518. The van der Waals surface area contributed by atoms with Gasteiger partial charge in [0.2, 0.25) is 0 Å². The smallest absolute Gasteiger partial charge is 0.0897 e. The molecule has 1 unspecified atom stereocenters. The largest absolute Gasteiger partial charge is 0.389 e. The molecule has 0 aromatic carbocycles. The second kappa shape index (κ2) is 6.17. The molecule has 0 aliphatic heterocycles. The number of nitrogens with one attached hydrogen (secondary N) is 1. The Morgan fingerprint density at radius 1 is 1.29 bits per heavy atom. The van der Waals surface area contributed by atoms with Crippen LogP contribution in [-0.4, -0.2) is 37.0 Å². The molecule has 0 aromatic rings. The van der Waals surface area contributed by atoms with Crippen molar-refractivity contribution in [3.05, 3.63) is 0 Å². The molecule has 2 N–H and O–H groups in total. The van der Waals surface area contributed by atoms with Gasteiger partial charge in [0.25, 0.3) is 0 Å². The third-order valence-corrected chi connectivity index (χ3v) is 4.11. The lowest BCUT2D eigenvalue weighted by molar-refractivity contribution is -0.0231. The van der Waals surface area contributed by atoms with Crippen molar-refractivity contribution in [3.8, 4) is 0 Å². The van der Waals surface area contributed by atoms with Crippen molar-refractivity contribution in [3.63, 3.8) is 0 Å². The van der Waals surface area contributed by atoms with Gasteiger partial charge in [-0.1, -0.05) is 26.2 Å². The molecule has 100 valence electrons. The standard InChI is InChI=1S/C14H27NO2/c1-14(7-8-14)11-15-9-12(16)10-17-13-5-3-2-4-6-13/h12-13,15-16H,2-11H2,1H3. The quantitative estimate of drug-likeness (QED) is 0.717. The Hall–Kier alpha value is -0.120. The molecule has 0 heterocycles. The first-order chi connectivity index (χ1) is 8.18. The monoisotopic (exact) mass is 241 g/mol. The summed E-state index contributed by atoms with van der Waals surface area (Å²) >= 11 is 0. The van der Waals surface area contributed by atoms with E-state index in [1.54, 1.807) is 0 Å². The summed E-state index contributed by atoms with van der Waals surface area (Å²) < 4.78 is 5.75. The van der Waals surface area contributed by atoms with E-state index in [4.69, 9.17) is 4.74 Å². The molecule has 0 spiro atoms. The summed E-state index contributed by atoms with van der Waals surface area (Å²) in [4.78, 5) is 0. The molecular formula is C14H27NO2. The average Bonchev–Trinajstić information content (AvgIpc) is 3.06. The first-order valence-electron chi connectivity index (χ1n) is 7.18. The lowest BCUT2D eigenvalue weighted by Crippen LogP contribution is -2.34. The molecule has 0 bridgehead atoms. The normalized spacial score (nSPS) is 25.8. The van der Waals surface area contributed by atoms with E-state index in [0.29, 0.717) is 24.7 Å². The SMILES string of the molecule is CC1(CNCC(O)COC2CCCCC2)CC1. The summed E-state index contributed by atoms with van der Waals surface area (Å²) in [5.74, 6) is 0. The van der Waals surface area contributed by atoms with E-state index in [1.807, 2.05) is 0 Å². The zero-order valence-electron chi connectivity index (χ0n) is 11.1. The van der Waals surface area contributed by atoms with Gasteiger partial charge in [0.15, 0.2) is 0 Å². The highest BCUT2D eigenvalue weighted by molar-refractivity contribution is 4.90. The van der Waals surface area contributed by atoms with E-state index in [1.165, 1.54) is 44.9 Å². The summed E-state index contributed by atoms with van der Waals surface area (Å²) in [6.45, 7) is 4.50. The number of hydrogen-bond donors (Lipinski definition) is 2. The van der Waals surface area contributed by atoms with Crippen LogP contribution in [0.1, 0.15) is 51.9 Å². The number of aliphatic hydroxyl groups is 1. The third-order valence-electron chi connectivity index (χ3n) is 4.11. The van der Waals surface area contributed by atoms with Gasteiger partial charge < -0.3 is 15.2 Å². The van der Waals surface area contributed by atoms with Gasteiger partial charge in [-0.2, -0.15) is 0 Å². The van der Waals surface area contributed by atoms with Crippen LogP contribution in [-0.2, 0) is 4.74 Å². The molecule has 1 atom stereocenters. The van der Waals surface area contributed by atoms with Crippen LogP contribution in [0.15, 0.2) is 0 Å². The van der Waals surface area contributed by atoms with E-state index in [9.17, 15) is 5.11 Å². The van der Waals surface area contributed by atoms with Gasteiger partial charge in [-0.15, -0.1) is 0 Å². The minimum Gasteiger partial charge on any atom is -0.389 e. The predicted molar refractivity (Wildman–Crippen MR) is 69.0 cm³/mol. The first kappa shape index (κ1) is 13.3. The highest BCUT2D eigenvalue weighted by Crippen LogP contribution is 2.43. The maximum atomic E-state index is 9.81. The van der Waals surface area contributed by atoms with Crippen LogP contribution >= 0.6 is 0 Å². The van der Waals surface area contributed by atoms with Gasteiger partial charge in [0, 0.05) is 13.1 Å². The van der Waals surface area contributed by atoms with Gasteiger partial charge in [-0.05, 0) is 31.1 Å². The van der Waals surface area contributed by atoms with Gasteiger partial charge in [0.1, 0.15) is 0 Å². The zero-order chi connectivity index (χ0) is 12.1. The number of ether oxygens (including phenoxy) is 1. The van der Waals surface area contributed by atoms with Crippen LogP contribution in [0.2, 0.25) is 0 Å². The molecule has 2 aliphatic carbocycles. The second-order valence-electron chi connectivity index (χ2n) is 6.19. The van der Waals surface area contributed by atoms with Crippen LogP contribution < -0.4 is 5.32 Å². The minimum absolute atomic E-state index is 0.348. The van der Waals surface area contributed by atoms with Crippen LogP contribution in [0.4, 0.5) is 0 Å². The van der Waals surface area contributed by atoms with Crippen molar-refractivity contribution in [1.82, 2.24) is 5.32 Å². The molecule has 0 saturated heterocycles. The second-order valence-corrected chi connectivity index (χ2v) is 6.19. The molecule has 3 heteroatoms. The predicted octanol–water partition coefficient (Wildman–Crippen LogP) is 2.09. The van der Waals surface area contributed by atoms with E-state index in [0.717, 1.165) is 6.54 Å². The van der Waals surface area contributed by atoms with Crippen molar-refractivity contribution in [2.75, 3.05) is 19.7 Å². The van der Waals surface area contributed by atoms with Crippen molar-refractivity contribution in [1.29, 1.82) is 0 Å². The first-order valence-corrected chi connectivity index (χ1v) is 7.18. The highest BCUT2D eigenvalue weighted by atomic mass is 16.5. The Labute approximate surface area is 105 Å². The van der Waals surface area contributed by atoms with E-state index < -0.39 is 0 Å². The maximum absolute atomic E-state index is 9.81. The fourth-order valence-corrected chi connectivity index (χ4v) is 2.47. The highest BCUT2D eigenvalue weighted by Gasteiger charge is 2.36. The number of hydrogen-bond acceptors (Lipinski definition) is 3. The van der Waals surface area contributed by atoms with Crippen LogP contribution in [0.25, 0.3) is 0 Å². The van der Waals surface area contributed by atoms with Gasteiger partial charge in [-0.3, -0.25) is 0 Å². The lowest BCUT2D eigenvalue weighted by Gasteiger charge is -2.23. The topological polar surface area (TPSA) is 41.5 Å². The Kier molecular flexibility index (Phi) is 4.83. The van der Waals surface area contributed by atoms with Crippen molar-refractivity contribution >= 4 is 0 Å². The van der Waals surface area contributed by atoms with Crippen LogP contribution in [0.3, 0.4) is 0 Å². The van der Waals surface area contributed by atoms with Crippen molar-refractivity contribution in [2.45, 2.75) is 64.1 Å². The lowest BCUT2D eigenvalue weighted by atomic mass is 9.98. The van der Waals surface area contributed by atoms with Crippen molar-refractivity contribution < 1.29 is 9.84 Å². The van der Waals surface area contributed by atoms with E-state index in [-0.39, 0.29) is 6.10 Å². The fraction of sp³-hybridized carbons (Fsp3) is 1.00. The van der Waals surface area contributed by atoms with Crippen LogP contribution in [0, 0.1) is 5.41 Å². The molecule has 3 nitrogen and oxygen atoms in total. The minimum atomic E-state index is -0.348. The molecule has 0 aromatic heterocycles. The summed E-state index contributed by atoms with van der Waals surface area (Å²) in [6.07, 6.45) is 9.00. The Morgan fingerprint density at radius 2 is 2.00 bits per heavy atom. The molecule has 2 rings (SSSR count). The molecular weight excluding hydrogens is 214 g/mol. The number of aliphatic hydroxyl groups excluding tert-OH is 1. The van der Waals surface area contributed by atoms with Crippen LogP contribution in [0.5, 0.6) is 0 Å². The fourth-order valence-electron chi connectivity index (χ4n) is 2.47. The summed E-state index contributed by atoms with van der Waals surface area (Å²) in [7, 11) is 0. The Bertz CT molecular complexity index is 222. The molecule has 2 aliphatic rings. The third kappa shape index (κ3) is 4.94. The molecule has 2 fully saturated rings. The molecule has 0 amide bonds. The molecule has 0 radical (unpaired) electrons. The molecule has 2 saturated carbocycles. The van der Waals surface area contributed by atoms with E-state index in [2.05, 4.69) is 12.2 Å². The average molecular weight is 241 g/mol. The van der Waals surface area contributed by atoms with E-state index >= 15 is 0 Å². The van der Waals surface area contributed by atoms with Gasteiger partial charge >= 0.3 is 0 Å². The zero-order valence-corrected chi connectivity index (χ0v) is 11.1. The van der Waals surface area contributed by atoms with Gasteiger partial charge in [-0.25, -0.2) is 0 Å². The summed E-state index contributed by atoms with van der Waals surface area (Å²) in [5, 5.41) is 13.2. The van der Waals surface area contributed by atoms with Crippen molar-refractivity contribution in [2.24, 2.45) is 5.41 Å². The van der Waals surface area contributed by atoms with Gasteiger partial charge in [0.05, 0.1) is 18.8 Å². The maximum Gasteiger partial charge on any atom is 0.0897 e. The Morgan fingerprint density at radius 3 is 2.65 bits per heavy atom. The summed E-state index contributed by atoms with van der Waals surface area (Å²) in [6, 6.07) is 0. The Balaban J connectivity index is 1.49. The number of rotatable bonds is 7. The molecule has 17 heavy (non-hydrogen) atoms.